The summed E-state index contributed by atoms with van der Waals surface area (Å²) in [5.74, 6) is 0.204. The Hall–Kier alpha value is -1.58. The molecular formula is C18H30FIN4O2. The van der Waals surface area contributed by atoms with Gasteiger partial charge in [-0.05, 0) is 39.3 Å². The molecule has 148 valence electrons. The van der Waals surface area contributed by atoms with Crippen LogP contribution in [0.3, 0.4) is 0 Å². The van der Waals surface area contributed by atoms with Crippen molar-refractivity contribution in [3.05, 3.63) is 30.1 Å². The summed E-state index contributed by atoms with van der Waals surface area (Å²) < 4.78 is 19.4. The Morgan fingerprint density at radius 2 is 1.92 bits per heavy atom. The summed E-state index contributed by atoms with van der Waals surface area (Å²) in [6.07, 6.45) is 0.474. The first-order valence-corrected chi connectivity index (χ1v) is 8.42. The van der Waals surface area contributed by atoms with Gasteiger partial charge in [0.2, 0.25) is 5.91 Å². The molecule has 0 aromatic heterocycles. The maximum atomic E-state index is 13.7. The zero-order valence-corrected chi connectivity index (χ0v) is 18.4. The van der Waals surface area contributed by atoms with Crippen LogP contribution >= 0.6 is 24.0 Å². The van der Waals surface area contributed by atoms with Crippen molar-refractivity contribution in [1.29, 1.82) is 0 Å². The number of para-hydroxylation sites is 1. The third-order valence-electron chi connectivity index (χ3n) is 3.24. The number of benzene rings is 1. The predicted octanol–water partition coefficient (Wildman–Crippen LogP) is 2.68. The molecule has 1 unspecified atom stereocenters. The second kappa shape index (κ2) is 11.9. The van der Waals surface area contributed by atoms with Crippen molar-refractivity contribution < 1.29 is 13.9 Å². The van der Waals surface area contributed by atoms with Crippen LogP contribution < -0.4 is 20.7 Å². The molecule has 1 aromatic carbocycles. The molecule has 3 N–H and O–H groups in total. The van der Waals surface area contributed by atoms with E-state index in [1.165, 1.54) is 6.07 Å². The number of carbonyl (C=O) groups excluding carboxylic acids is 1. The number of ether oxygens (including phenoxy) is 1. The van der Waals surface area contributed by atoms with Gasteiger partial charge in [-0.25, -0.2) is 4.39 Å². The van der Waals surface area contributed by atoms with Crippen LogP contribution in [0.25, 0.3) is 0 Å². The predicted molar refractivity (Wildman–Crippen MR) is 114 cm³/mol. The summed E-state index contributed by atoms with van der Waals surface area (Å²) in [5.41, 5.74) is -0.281. The third-order valence-corrected chi connectivity index (χ3v) is 3.24. The second-order valence-corrected chi connectivity index (χ2v) is 6.68. The van der Waals surface area contributed by atoms with Crippen LogP contribution in [0.15, 0.2) is 29.3 Å². The van der Waals surface area contributed by atoms with Crippen LogP contribution in [0.1, 0.15) is 34.1 Å². The minimum atomic E-state index is -0.387. The number of hydrogen-bond acceptors (Lipinski definition) is 3. The van der Waals surface area contributed by atoms with Gasteiger partial charge in [-0.1, -0.05) is 19.1 Å². The fraction of sp³-hybridized carbons (Fsp3) is 0.556. The molecule has 0 fully saturated rings. The van der Waals surface area contributed by atoms with Crippen LogP contribution in [-0.4, -0.2) is 43.6 Å². The highest BCUT2D eigenvalue weighted by Gasteiger charge is 2.15. The first kappa shape index (κ1) is 24.4. The van der Waals surface area contributed by atoms with Gasteiger partial charge < -0.3 is 20.7 Å². The third kappa shape index (κ3) is 9.79. The summed E-state index contributed by atoms with van der Waals surface area (Å²) in [6, 6.07) is 6.31. The normalized spacial score (nSPS) is 12.6. The molecule has 1 amide bonds. The fourth-order valence-electron chi connectivity index (χ4n) is 2.05. The average Bonchev–Trinajstić information content (AvgIpc) is 2.53. The number of hydrogen-bond donors (Lipinski definition) is 3. The number of amides is 1. The number of carbonyl (C=O) groups is 1. The Morgan fingerprint density at radius 3 is 2.46 bits per heavy atom. The Kier molecular flexibility index (Phi) is 11.2. The lowest BCUT2D eigenvalue weighted by molar-refractivity contribution is -0.121. The maximum Gasteiger partial charge on any atom is 0.239 e. The van der Waals surface area contributed by atoms with Gasteiger partial charge in [0.25, 0.3) is 0 Å². The fourth-order valence-corrected chi connectivity index (χ4v) is 2.05. The van der Waals surface area contributed by atoms with Gasteiger partial charge in [0, 0.05) is 12.6 Å². The first-order valence-electron chi connectivity index (χ1n) is 8.42. The largest absolute Gasteiger partial charge is 0.486 e. The quantitative estimate of drug-likeness (QED) is 0.319. The maximum absolute atomic E-state index is 13.7. The Balaban J connectivity index is 0.00000625. The number of nitrogens with zero attached hydrogens (tertiary/aromatic N) is 1. The van der Waals surface area contributed by atoms with E-state index in [1.54, 1.807) is 25.2 Å². The van der Waals surface area contributed by atoms with Crippen molar-refractivity contribution in [2.75, 3.05) is 20.1 Å². The smallest absolute Gasteiger partial charge is 0.239 e. The highest BCUT2D eigenvalue weighted by atomic mass is 127. The second-order valence-electron chi connectivity index (χ2n) is 6.68. The molecule has 0 aliphatic carbocycles. The molecule has 0 bridgehead atoms. The standard InChI is InChI=1S/C18H29FN4O2.HI/c1-6-13(25-15-10-8-7-9-14(15)19)11-21-17(20-5)22-12-16(24)23-18(2,3)4;/h7-10,13H,6,11-12H2,1-5H3,(H,23,24)(H2,20,21,22);1H. The van der Waals surface area contributed by atoms with Crippen molar-refractivity contribution in [3.8, 4) is 5.75 Å². The number of nitrogens with one attached hydrogen (secondary N) is 3. The molecule has 0 heterocycles. The number of halogens is 2. The molecule has 0 spiro atoms. The van der Waals surface area contributed by atoms with E-state index in [-0.39, 0.29) is 59.6 Å². The molecule has 1 aromatic rings. The average molecular weight is 480 g/mol. The summed E-state index contributed by atoms with van der Waals surface area (Å²) in [5, 5.41) is 8.90. The summed E-state index contributed by atoms with van der Waals surface area (Å²) in [4.78, 5) is 15.9. The monoisotopic (exact) mass is 480 g/mol. The Bertz CT molecular complexity index is 591. The highest BCUT2D eigenvalue weighted by molar-refractivity contribution is 14.0. The molecule has 0 saturated heterocycles. The molecule has 8 heteroatoms. The van der Waals surface area contributed by atoms with Gasteiger partial charge in [-0.2, -0.15) is 0 Å². The van der Waals surface area contributed by atoms with Crippen LogP contribution in [-0.2, 0) is 4.79 Å². The summed E-state index contributed by atoms with van der Waals surface area (Å²) >= 11 is 0. The van der Waals surface area contributed by atoms with Gasteiger partial charge in [-0.15, -0.1) is 24.0 Å². The number of rotatable bonds is 7. The van der Waals surface area contributed by atoms with Crippen LogP contribution in [0.4, 0.5) is 4.39 Å². The van der Waals surface area contributed by atoms with Gasteiger partial charge in [0.15, 0.2) is 17.5 Å². The van der Waals surface area contributed by atoms with E-state index in [2.05, 4.69) is 20.9 Å². The first-order chi connectivity index (χ1) is 11.7. The van der Waals surface area contributed by atoms with E-state index in [0.717, 1.165) is 0 Å². The molecule has 0 aliphatic rings. The van der Waals surface area contributed by atoms with E-state index in [0.29, 0.717) is 18.9 Å². The SMILES string of the molecule is CCC(CNC(=NC)NCC(=O)NC(C)(C)C)Oc1ccccc1F.I. The zero-order valence-electron chi connectivity index (χ0n) is 16.1. The Labute approximate surface area is 172 Å². The molecule has 0 saturated carbocycles. The van der Waals surface area contributed by atoms with Gasteiger partial charge >= 0.3 is 0 Å². The lowest BCUT2D eigenvalue weighted by Crippen LogP contribution is -2.49. The van der Waals surface area contributed by atoms with E-state index < -0.39 is 0 Å². The van der Waals surface area contributed by atoms with Gasteiger partial charge in [0.05, 0.1) is 13.1 Å². The Morgan fingerprint density at radius 1 is 1.27 bits per heavy atom. The minimum Gasteiger partial charge on any atom is -0.486 e. The highest BCUT2D eigenvalue weighted by Crippen LogP contribution is 2.17. The van der Waals surface area contributed by atoms with Crippen molar-refractivity contribution >= 4 is 35.8 Å². The summed E-state index contributed by atoms with van der Waals surface area (Å²) in [6.45, 7) is 8.27. The summed E-state index contributed by atoms with van der Waals surface area (Å²) in [7, 11) is 1.62. The van der Waals surface area contributed by atoms with Crippen molar-refractivity contribution in [2.24, 2.45) is 4.99 Å². The lowest BCUT2D eigenvalue weighted by Gasteiger charge is -2.22. The molecule has 6 nitrogen and oxygen atoms in total. The molecule has 1 atom stereocenters. The van der Waals surface area contributed by atoms with Gasteiger partial charge in [0.1, 0.15) is 6.10 Å². The topological polar surface area (TPSA) is 74.8 Å². The van der Waals surface area contributed by atoms with Crippen LogP contribution in [0.2, 0.25) is 0 Å². The van der Waals surface area contributed by atoms with E-state index >= 15 is 0 Å². The molecular weight excluding hydrogens is 450 g/mol. The van der Waals surface area contributed by atoms with Crippen LogP contribution in [0, 0.1) is 5.82 Å². The van der Waals surface area contributed by atoms with Crippen molar-refractivity contribution in [3.63, 3.8) is 0 Å². The molecule has 0 aliphatic heterocycles. The van der Waals surface area contributed by atoms with Crippen LogP contribution in [0.5, 0.6) is 5.75 Å². The minimum absolute atomic E-state index is 0. The molecule has 0 radical (unpaired) electrons. The van der Waals surface area contributed by atoms with E-state index in [4.69, 9.17) is 4.74 Å². The van der Waals surface area contributed by atoms with Crippen molar-refractivity contribution in [1.82, 2.24) is 16.0 Å². The number of guanidine groups is 1. The molecule has 1 rings (SSSR count). The number of aliphatic imine (C=N–C) groups is 1. The van der Waals surface area contributed by atoms with E-state index in [1.807, 2.05) is 27.7 Å². The van der Waals surface area contributed by atoms with Gasteiger partial charge in [-0.3, -0.25) is 9.79 Å². The van der Waals surface area contributed by atoms with E-state index in [9.17, 15) is 9.18 Å². The molecule has 26 heavy (non-hydrogen) atoms. The zero-order chi connectivity index (χ0) is 18.9. The van der Waals surface area contributed by atoms with Crippen molar-refractivity contribution in [2.45, 2.75) is 45.8 Å². The lowest BCUT2D eigenvalue weighted by atomic mass is 10.1.